The van der Waals surface area contributed by atoms with Crippen molar-refractivity contribution in [2.24, 2.45) is 23.5 Å². The van der Waals surface area contributed by atoms with E-state index in [2.05, 4.69) is 20.8 Å². The predicted molar refractivity (Wildman–Crippen MR) is 85.7 cm³/mol. The van der Waals surface area contributed by atoms with Gasteiger partial charge in [-0.2, -0.15) is 0 Å². The number of hydrogen-bond donors (Lipinski definition) is 1. The van der Waals surface area contributed by atoms with Crippen LogP contribution < -0.4 is 5.73 Å². The van der Waals surface area contributed by atoms with Gasteiger partial charge in [-0.15, -0.1) is 0 Å². The van der Waals surface area contributed by atoms with Crippen molar-refractivity contribution >= 4 is 0 Å². The van der Waals surface area contributed by atoms with Gasteiger partial charge in [0.25, 0.3) is 0 Å². The third-order valence-electron chi connectivity index (χ3n) is 6.14. The van der Waals surface area contributed by atoms with Crippen molar-refractivity contribution in [1.82, 2.24) is 0 Å². The molecule has 118 valence electrons. The van der Waals surface area contributed by atoms with Gasteiger partial charge in [-0.05, 0) is 50.4 Å². The van der Waals surface area contributed by atoms with Gasteiger partial charge in [0.05, 0.1) is 5.60 Å². The summed E-state index contributed by atoms with van der Waals surface area (Å²) in [6.45, 7) is 7.75. The van der Waals surface area contributed by atoms with E-state index in [1.807, 2.05) is 0 Å². The molecule has 0 heterocycles. The quantitative estimate of drug-likeness (QED) is 0.769. The Balaban J connectivity index is 2.07. The molecule has 20 heavy (non-hydrogen) atoms. The molecule has 4 atom stereocenters. The molecule has 0 aliphatic heterocycles. The fourth-order valence-corrected chi connectivity index (χ4v) is 4.53. The van der Waals surface area contributed by atoms with Gasteiger partial charge in [0, 0.05) is 12.6 Å². The highest BCUT2D eigenvalue weighted by molar-refractivity contribution is 4.98. The molecule has 0 aromatic carbocycles. The predicted octanol–water partition coefficient (Wildman–Crippen LogP) is 4.52. The van der Waals surface area contributed by atoms with Crippen LogP contribution in [-0.4, -0.2) is 18.2 Å². The van der Waals surface area contributed by atoms with E-state index >= 15 is 0 Å². The normalized spacial score (nSPS) is 36.3. The first kappa shape index (κ1) is 16.3. The highest BCUT2D eigenvalue weighted by atomic mass is 16.5. The van der Waals surface area contributed by atoms with Crippen molar-refractivity contribution in [3.63, 3.8) is 0 Å². The highest BCUT2D eigenvalue weighted by Crippen LogP contribution is 2.41. The second kappa shape index (κ2) is 7.26. The van der Waals surface area contributed by atoms with E-state index in [1.54, 1.807) is 0 Å². The summed E-state index contributed by atoms with van der Waals surface area (Å²) in [7, 11) is 0. The molecule has 0 aromatic heterocycles. The van der Waals surface area contributed by atoms with Crippen molar-refractivity contribution in [1.29, 1.82) is 0 Å². The zero-order chi connectivity index (χ0) is 14.6. The summed E-state index contributed by atoms with van der Waals surface area (Å²) in [5.74, 6) is 2.37. The SMILES string of the molecule is CCOC1(C(N)C2CCC(C)C(C)C2)CCCCCC1. The van der Waals surface area contributed by atoms with Gasteiger partial charge >= 0.3 is 0 Å². The number of rotatable bonds is 4. The Labute approximate surface area is 125 Å². The Kier molecular flexibility index (Phi) is 5.92. The summed E-state index contributed by atoms with van der Waals surface area (Å²) < 4.78 is 6.30. The lowest BCUT2D eigenvalue weighted by atomic mass is 9.68. The lowest BCUT2D eigenvalue weighted by Gasteiger charge is -2.45. The van der Waals surface area contributed by atoms with Crippen LogP contribution in [0.2, 0.25) is 0 Å². The molecule has 2 heteroatoms. The van der Waals surface area contributed by atoms with E-state index in [0.717, 1.165) is 18.4 Å². The van der Waals surface area contributed by atoms with E-state index in [-0.39, 0.29) is 11.6 Å². The zero-order valence-corrected chi connectivity index (χ0v) is 13.9. The van der Waals surface area contributed by atoms with Crippen LogP contribution in [0.1, 0.15) is 78.6 Å². The van der Waals surface area contributed by atoms with Crippen molar-refractivity contribution in [3.8, 4) is 0 Å². The van der Waals surface area contributed by atoms with Crippen LogP contribution in [0.4, 0.5) is 0 Å². The largest absolute Gasteiger partial charge is 0.374 e. The first-order valence-corrected chi connectivity index (χ1v) is 8.98. The van der Waals surface area contributed by atoms with Gasteiger partial charge in [0.1, 0.15) is 0 Å². The molecule has 0 bridgehead atoms. The fraction of sp³-hybridized carbons (Fsp3) is 1.00. The van der Waals surface area contributed by atoms with Crippen molar-refractivity contribution in [2.75, 3.05) is 6.61 Å². The second-order valence-electron chi connectivity index (χ2n) is 7.47. The molecule has 0 amide bonds. The number of hydrogen-bond acceptors (Lipinski definition) is 2. The standard InChI is InChI=1S/C18H35NO/c1-4-20-18(11-7-5-6-8-12-18)17(19)16-10-9-14(2)15(3)13-16/h14-17H,4-13,19H2,1-3H3. The average molecular weight is 281 g/mol. The van der Waals surface area contributed by atoms with Gasteiger partial charge in [0.2, 0.25) is 0 Å². The molecule has 2 N–H and O–H groups in total. The van der Waals surface area contributed by atoms with Crippen LogP contribution in [-0.2, 0) is 4.74 Å². The molecule has 0 saturated heterocycles. The second-order valence-corrected chi connectivity index (χ2v) is 7.47. The van der Waals surface area contributed by atoms with Crippen LogP contribution in [0.3, 0.4) is 0 Å². The maximum Gasteiger partial charge on any atom is 0.0835 e. The lowest BCUT2D eigenvalue weighted by molar-refractivity contribution is -0.0866. The molecule has 0 radical (unpaired) electrons. The Morgan fingerprint density at radius 1 is 1.05 bits per heavy atom. The molecule has 0 spiro atoms. The average Bonchev–Trinajstić information content (AvgIpc) is 2.68. The van der Waals surface area contributed by atoms with Gasteiger partial charge < -0.3 is 10.5 Å². The lowest BCUT2D eigenvalue weighted by Crippen LogP contribution is -2.55. The first-order chi connectivity index (χ1) is 9.59. The first-order valence-electron chi connectivity index (χ1n) is 8.98. The van der Waals surface area contributed by atoms with E-state index in [1.165, 1.54) is 57.8 Å². The van der Waals surface area contributed by atoms with Gasteiger partial charge in [-0.25, -0.2) is 0 Å². The van der Waals surface area contributed by atoms with Crippen LogP contribution >= 0.6 is 0 Å². The molecule has 2 rings (SSSR count). The minimum atomic E-state index is -0.0176. The Bertz CT molecular complexity index is 283. The fourth-order valence-electron chi connectivity index (χ4n) is 4.53. The molecule has 2 aliphatic carbocycles. The van der Waals surface area contributed by atoms with Crippen LogP contribution in [0.15, 0.2) is 0 Å². The van der Waals surface area contributed by atoms with Crippen molar-refractivity contribution in [2.45, 2.75) is 90.2 Å². The third kappa shape index (κ3) is 3.57. The maximum atomic E-state index is 6.80. The third-order valence-corrected chi connectivity index (χ3v) is 6.14. The highest BCUT2D eigenvalue weighted by Gasteiger charge is 2.43. The summed E-state index contributed by atoms with van der Waals surface area (Å²) in [6.07, 6.45) is 11.6. The molecule has 4 unspecified atom stereocenters. The summed E-state index contributed by atoms with van der Waals surface area (Å²) in [5, 5.41) is 0. The molecule has 0 aromatic rings. The molecular formula is C18H35NO. The topological polar surface area (TPSA) is 35.2 Å². The van der Waals surface area contributed by atoms with Gasteiger partial charge in [-0.3, -0.25) is 0 Å². The summed E-state index contributed by atoms with van der Waals surface area (Å²) >= 11 is 0. The molecule has 2 saturated carbocycles. The van der Waals surface area contributed by atoms with Crippen LogP contribution in [0, 0.1) is 17.8 Å². The van der Waals surface area contributed by atoms with Crippen LogP contribution in [0.25, 0.3) is 0 Å². The Hall–Kier alpha value is -0.0800. The molecule has 2 aliphatic rings. The summed E-state index contributed by atoms with van der Waals surface area (Å²) in [4.78, 5) is 0. The summed E-state index contributed by atoms with van der Waals surface area (Å²) in [6, 6.07) is 0.246. The minimum Gasteiger partial charge on any atom is -0.374 e. The van der Waals surface area contributed by atoms with Crippen molar-refractivity contribution in [3.05, 3.63) is 0 Å². The summed E-state index contributed by atoms with van der Waals surface area (Å²) in [5.41, 5.74) is 6.78. The zero-order valence-electron chi connectivity index (χ0n) is 13.9. The van der Waals surface area contributed by atoms with Crippen LogP contribution in [0.5, 0.6) is 0 Å². The number of nitrogens with two attached hydrogens (primary N) is 1. The van der Waals surface area contributed by atoms with E-state index in [9.17, 15) is 0 Å². The van der Waals surface area contributed by atoms with Crippen molar-refractivity contribution < 1.29 is 4.74 Å². The van der Waals surface area contributed by atoms with Gasteiger partial charge in [-0.1, -0.05) is 46.0 Å². The Morgan fingerprint density at radius 3 is 2.25 bits per heavy atom. The minimum absolute atomic E-state index is 0.0176. The van der Waals surface area contributed by atoms with E-state index in [0.29, 0.717) is 5.92 Å². The molecule has 2 fully saturated rings. The smallest absolute Gasteiger partial charge is 0.0835 e. The number of ether oxygens (including phenoxy) is 1. The van der Waals surface area contributed by atoms with Gasteiger partial charge in [0.15, 0.2) is 0 Å². The maximum absolute atomic E-state index is 6.80. The molecule has 2 nitrogen and oxygen atoms in total. The Morgan fingerprint density at radius 2 is 1.70 bits per heavy atom. The van der Waals surface area contributed by atoms with E-state index in [4.69, 9.17) is 10.5 Å². The molecular weight excluding hydrogens is 246 g/mol. The monoisotopic (exact) mass is 281 g/mol. The van der Waals surface area contributed by atoms with E-state index < -0.39 is 0 Å².